The number of nitro benzene ring substituents is 1. The van der Waals surface area contributed by atoms with Crippen LogP contribution in [-0.2, 0) is 9.53 Å². The van der Waals surface area contributed by atoms with Crippen molar-refractivity contribution in [3.63, 3.8) is 0 Å². The number of benzene rings is 2. The van der Waals surface area contributed by atoms with Gasteiger partial charge in [0.1, 0.15) is 5.82 Å². The molecule has 0 saturated carbocycles. The highest BCUT2D eigenvalue weighted by Gasteiger charge is 2.32. The number of nitrogens with zero attached hydrogens (tertiary/aromatic N) is 1. The van der Waals surface area contributed by atoms with Crippen LogP contribution in [0, 0.1) is 15.9 Å². The Morgan fingerprint density at radius 2 is 1.92 bits per heavy atom. The second-order valence-corrected chi connectivity index (χ2v) is 5.96. The predicted molar refractivity (Wildman–Crippen MR) is 88.1 cm³/mol. The molecule has 0 spiro atoms. The first-order chi connectivity index (χ1) is 11.5. The minimum absolute atomic E-state index is 0.0583. The lowest BCUT2D eigenvalue weighted by Gasteiger charge is -2.11. The molecular weight excluding hydrogens is 333 g/mol. The summed E-state index contributed by atoms with van der Waals surface area (Å²) in [6.45, 7) is 0. The molecule has 0 fully saturated rings. The molecule has 1 aliphatic heterocycles. The number of hydrogen-bond donors (Lipinski definition) is 0. The monoisotopic (exact) mass is 345 g/mol. The third-order valence-electron chi connectivity index (χ3n) is 3.69. The van der Waals surface area contributed by atoms with E-state index in [1.165, 1.54) is 48.4 Å². The van der Waals surface area contributed by atoms with Crippen molar-refractivity contribution in [2.24, 2.45) is 0 Å². The Morgan fingerprint density at radius 3 is 2.50 bits per heavy atom. The topological polar surface area (TPSA) is 69.4 Å². The van der Waals surface area contributed by atoms with Crippen molar-refractivity contribution in [1.29, 1.82) is 0 Å². The number of thioether (sulfide) groups is 1. The molecule has 1 unspecified atom stereocenters. The molecule has 0 saturated heterocycles. The second kappa shape index (κ2) is 6.45. The van der Waals surface area contributed by atoms with Gasteiger partial charge in [-0.25, -0.2) is 4.39 Å². The smallest absolute Gasteiger partial charge is 0.269 e. The van der Waals surface area contributed by atoms with Gasteiger partial charge in [0.15, 0.2) is 6.10 Å². The Kier molecular flexibility index (Phi) is 4.35. The van der Waals surface area contributed by atoms with Gasteiger partial charge in [0.05, 0.1) is 16.8 Å². The minimum atomic E-state index is -0.902. The Balaban J connectivity index is 1.84. The number of Topliss-reactive ketones (excluding diaryl/α,β-unsaturated/α-hetero) is 1. The number of carbonyl (C=O) groups excluding carboxylic acids is 1. The largest absolute Gasteiger partial charge is 0.484 e. The molecule has 1 aliphatic rings. The van der Waals surface area contributed by atoms with Gasteiger partial charge >= 0.3 is 0 Å². The van der Waals surface area contributed by atoms with Crippen LogP contribution in [0.15, 0.2) is 53.6 Å². The molecule has 1 heterocycles. The highest BCUT2D eigenvalue weighted by atomic mass is 32.2. The maximum Gasteiger partial charge on any atom is 0.269 e. The summed E-state index contributed by atoms with van der Waals surface area (Å²) in [5.74, 6) is -0.708. The molecule has 0 amide bonds. The molecule has 0 N–H and O–H groups in total. The third kappa shape index (κ3) is 2.90. The van der Waals surface area contributed by atoms with Crippen LogP contribution in [0.2, 0.25) is 0 Å². The van der Waals surface area contributed by atoms with Crippen molar-refractivity contribution in [3.8, 4) is 0 Å². The quantitative estimate of drug-likeness (QED) is 0.473. The standard InChI is InChI=1S/C17H12FNO4S/c1-24-15-7-4-11(8-14(15)18)17-16(20)13(9-23-17)10-2-5-12(6-3-10)19(21)22/h2-9,17H,1H3. The number of ketones is 1. The van der Waals surface area contributed by atoms with Gasteiger partial charge in [-0.1, -0.05) is 6.07 Å². The van der Waals surface area contributed by atoms with E-state index in [1.54, 1.807) is 18.4 Å². The van der Waals surface area contributed by atoms with Crippen LogP contribution in [0.4, 0.5) is 10.1 Å². The lowest BCUT2D eigenvalue weighted by molar-refractivity contribution is -0.384. The number of carbonyl (C=O) groups is 1. The summed E-state index contributed by atoms with van der Waals surface area (Å²) in [7, 11) is 0. The van der Waals surface area contributed by atoms with Gasteiger partial charge in [0.25, 0.3) is 5.69 Å². The van der Waals surface area contributed by atoms with E-state index < -0.39 is 16.8 Å². The number of nitro groups is 1. The minimum Gasteiger partial charge on any atom is -0.484 e. The van der Waals surface area contributed by atoms with Crippen molar-refractivity contribution in [1.82, 2.24) is 0 Å². The van der Waals surface area contributed by atoms with Crippen molar-refractivity contribution in [3.05, 3.63) is 75.8 Å². The average Bonchev–Trinajstić information content (AvgIpc) is 2.96. The summed E-state index contributed by atoms with van der Waals surface area (Å²) < 4.78 is 19.3. The van der Waals surface area contributed by atoms with E-state index in [0.717, 1.165) is 0 Å². The zero-order valence-electron chi connectivity index (χ0n) is 12.6. The van der Waals surface area contributed by atoms with Crippen molar-refractivity contribution < 1.29 is 18.8 Å². The van der Waals surface area contributed by atoms with Crippen LogP contribution < -0.4 is 0 Å². The lowest BCUT2D eigenvalue weighted by atomic mass is 9.97. The van der Waals surface area contributed by atoms with Gasteiger partial charge in [-0.2, -0.15) is 0 Å². The summed E-state index contributed by atoms with van der Waals surface area (Å²) in [5, 5.41) is 10.7. The number of hydrogen-bond acceptors (Lipinski definition) is 5. The van der Waals surface area contributed by atoms with Crippen LogP contribution in [0.3, 0.4) is 0 Å². The molecule has 122 valence electrons. The van der Waals surface area contributed by atoms with E-state index in [4.69, 9.17) is 4.74 Å². The van der Waals surface area contributed by atoms with Crippen molar-refractivity contribution in [2.45, 2.75) is 11.0 Å². The second-order valence-electron chi connectivity index (χ2n) is 5.11. The van der Waals surface area contributed by atoms with Gasteiger partial charge in [-0.15, -0.1) is 11.8 Å². The first-order valence-electron chi connectivity index (χ1n) is 6.99. The number of rotatable bonds is 4. The molecule has 5 nitrogen and oxygen atoms in total. The maximum atomic E-state index is 13.9. The summed E-state index contributed by atoms with van der Waals surface area (Å²) in [4.78, 5) is 23.2. The van der Waals surface area contributed by atoms with E-state index in [0.29, 0.717) is 21.6 Å². The number of ether oxygens (including phenoxy) is 1. The number of halogens is 1. The molecule has 7 heteroatoms. The third-order valence-corrected chi connectivity index (χ3v) is 4.46. The lowest BCUT2D eigenvalue weighted by Crippen LogP contribution is -2.10. The predicted octanol–water partition coefficient (Wildman–Crippen LogP) is 4.14. The molecule has 2 aromatic carbocycles. The van der Waals surface area contributed by atoms with Crippen LogP contribution in [0.5, 0.6) is 0 Å². The van der Waals surface area contributed by atoms with Crippen LogP contribution in [0.1, 0.15) is 17.2 Å². The summed E-state index contributed by atoms with van der Waals surface area (Å²) >= 11 is 1.28. The van der Waals surface area contributed by atoms with E-state index in [2.05, 4.69) is 0 Å². The van der Waals surface area contributed by atoms with Crippen molar-refractivity contribution >= 4 is 28.8 Å². The first kappa shape index (κ1) is 16.2. The van der Waals surface area contributed by atoms with E-state index in [9.17, 15) is 19.3 Å². The molecule has 0 bridgehead atoms. The fraction of sp³-hybridized carbons (Fsp3) is 0.118. The molecule has 0 aliphatic carbocycles. The zero-order valence-corrected chi connectivity index (χ0v) is 13.4. The average molecular weight is 345 g/mol. The Morgan fingerprint density at radius 1 is 1.21 bits per heavy atom. The number of non-ortho nitro benzene ring substituents is 1. The van der Waals surface area contributed by atoms with E-state index in [1.807, 2.05) is 0 Å². The molecule has 24 heavy (non-hydrogen) atoms. The molecular formula is C17H12FNO4S. The van der Waals surface area contributed by atoms with Gasteiger partial charge in [0.2, 0.25) is 5.78 Å². The summed E-state index contributed by atoms with van der Waals surface area (Å²) in [6, 6.07) is 10.2. The molecule has 3 rings (SSSR count). The Bertz CT molecular complexity index is 848. The highest BCUT2D eigenvalue weighted by Crippen LogP contribution is 2.35. The van der Waals surface area contributed by atoms with E-state index >= 15 is 0 Å². The molecule has 2 aromatic rings. The van der Waals surface area contributed by atoms with Gasteiger partial charge in [0, 0.05) is 22.6 Å². The van der Waals surface area contributed by atoms with Crippen molar-refractivity contribution in [2.75, 3.05) is 6.26 Å². The van der Waals surface area contributed by atoms with Gasteiger partial charge < -0.3 is 4.74 Å². The van der Waals surface area contributed by atoms with Gasteiger partial charge in [-0.05, 0) is 36.1 Å². The van der Waals surface area contributed by atoms with Gasteiger partial charge in [-0.3, -0.25) is 14.9 Å². The van der Waals surface area contributed by atoms with Crippen LogP contribution in [0.25, 0.3) is 5.57 Å². The Labute approximate surface area is 141 Å². The fourth-order valence-electron chi connectivity index (χ4n) is 2.45. The molecule has 0 radical (unpaired) electrons. The summed E-state index contributed by atoms with van der Waals surface area (Å²) in [6.07, 6.45) is 2.18. The first-order valence-corrected chi connectivity index (χ1v) is 8.22. The van der Waals surface area contributed by atoms with E-state index in [-0.39, 0.29) is 11.5 Å². The highest BCUT2D eigenvalue weighted by molar-refractivity contribution is 7.98. The molecule has 1 atom stereocenters. The fourth-order valence-corrected chi connectivity index (χ4v) is 2.90. The zero-order chi connectivity index (χ0) is 17.3. The van der Waals surface area contributed by atoms with Crippen LogP contribution in [-0.4, -0.2) is 17.0 Å². The SMILES string of the molecule is CSc1ccc(C2OC=C(c3ccc([N+](=O)[O-])cc3)C2=O)cc1F. The normalized spacial score (nSPS) is 16.7. The maximum absolute atomic E-state index is 13.9. The Hall–Kier alpha value is -2.67. The van der Waals surface area contributed by atoms with Crippen LogP contribution >= 0.6 is 11.8 Å². The summed E-state index contributed by atoms with van der Waals surface area (Å²) in [5.41, 5.74) is 1.21. The molecule has 0 aromatic heterocycles.